The van der Waals surface area contributed by atoms with E-state index in [0.717, 1.165) is 6.92 Å². The van der Waals surface area contributed by atoms with Gasteiger partial charge in [0.25, 0.3) is 0 Å². The number of alkyl halides is 7. The second kappa shape index (κ2) is 7.59. The first-order valence-electron chi connectivity index (χ1n) is 6.33. The van der Waals surface area contributed by atoms with Crippen LogP contribution in [0.2, 0.25) is 0 Å². The summed E-state index contributed by atoms with van der Waals surface area (Å²) in [6, 6.07) is 0. The summed E-state index contributed by atoms with van der Waals surface area (Å²) in [7, 11) is -6.90. The fourth-order valence-electron chi connectivity index (χ4n) is 1.30. The molecule has 1 amide bonds. The van der Waals surface area contributed by atoms with Crippen LogP contribution < -0.4 is 5.73 Å². The highest BCUT2D eigenvalue weighted by Crippen LogP contribution is 2.42. The van der Waals surface area contributed by atoms with Crippen molar-refractivity contribution in [1.29, 1.82) is 0 Å². The first kappa shape index (κ1) is 25.1. The van der Waals surface area contributed by atoms with Crippen LogP contribution in [0, 0.1) is 0 Å². The van der Waals surface area contributed by atoms with E-state index in [0.29, 0.717) is 0 Å². The maximum Gasteiger partial charge on any atom is 0.466 e. The molecule has 0 aromatic rings. The molecule has 0 heterocycles. The summed E-state index contributed by atoms with van der Waals surface area (Å²) >= 11 is 0. The highest BCUT2D eigenvalue weighted by Gasteiger charge is 2.66. The molecular weight excluding hydrogens is 423 g/mol. The zero-order valence-corrected chi connectivity index (χ0v) is 13.9. The molecular formula is C11H11F7NO7S-. The van der Waals surface area contributed by atoms with E-state index in [9.17, 15) is 53.3 Å². The van der Waals surface area contributed by atoms with E-state index in [1.165, 1.54) is 0 Å². The molecule has 0 bridgehead atoms. The Morgan fingerprint density at radius 2 is 1.56 bits per heavy atom. The number of hydrogen-bond acceptors (Lipinski definition) is 7. The van der Waals surface area contributed by atoms with Crippen LogP contribution in [0.25, 0.3) is 0 Å². The van der Waals surface area contributed by atoms with Gasteiger partial charge in [-0.25, -0.2) is 13.2 Å². The number of carbonyl (C=O) groups is 2. The summed E-state index contributed by atoms with van der Waals surface area (Å²) in [5, 5.41) is -6.20. The van der Waals surface area contributed by atoms with Crippen molar-refractivity contribution < 1.29 is 62.8 Å². The van der Waals surface area contributed by atoms with Gasteiger partial charge >= 0.3 is 35.0 Å². The highest BCUT2D eigenvalue weighted by atomic mass is 32.2. The normalized spacial score (nSPS) is 15.7. The van der Waals surface area contributed by atoms with Crippen LogP contribution in [0.5, 0.6) is 0 Å². The molecule has 0 aliphatic heterocycles. The number of hydrogen-bond donors (Lipinski definition) is 1. The molecule has 0 aromatic heterocycles. The number of primary amides is 1. The van der Waals surface area contributed by atoms with Crippen molar-refractivity contribution in [3.05, 3.63) is 12.2 Å². The van der Waals surface area contributed by atoms with E-state index < -0.39 is 63.7 Å². The van der Waals surface area contributed by atoms with Gasteiger partial charge < -0.3 is 19.8 Å². The van der Waals surface area contributed by atoms with Crippen LogP contribution in [0.3, 0.4) is 0 Å². The van der Waals surface area contributed by atoms with Crippen molar-refractivity contribution in [1.82, 2.24) is 0 Å². The van der Waals surface area contributed by atoms with Gasteiger partial charge in [0.05, 0.1) is 6.61 Å². The Kier molecular flexibility index (Phi) is 7.04. The summed E-state index contributed by atoms with van der Waals surface area (Å²) in [4.78, 5) is 22.4. The summed E-state index contributed by atoms with van der Waals surface area (Å²) < 4.78 is 130. The Balaban J connectivity index is 5.71. The van der Waals surface area contributed by atoms with E-state index in [2.05, 4.69) is 21.8 Å². The molecule has 0 aliphatic carbocycles. The molecule has 0 radical (unpaired) electrons. The molecule has 16 heteroatoms. The van der Waals surface area contributed by atoms with E-state index in [1.54, 1.807) is 0 Å². The van der Waals surface area contributed by atoms with Crippen molar-refractivity contribution in [3.63, 3.8) is 0 Å². The number of nitrogens with two attached hydrogens (primary N) is 1. The van der Waals surface area contributed by atoms with Crippen LogP contribution in [0.1, 0.15) is 13.3 Å². The number of ether oxygens (including phenoxy) is 2. The molecule has 0 saturated carbocycles. The third-order valence-corrected chi connectivity index (χ3v) is 3.67. The molecule has 1 unspecified atom stereocenters. The van der Waals surface area contributed by atoms with Gasteiger partial charge in [0.15, 0.2) is 10.1 Å². The number of amides is 1. The van der Waals surface area contributed by atoms with Gasteiger partial charge in [0.2, 0.25) is 0 Å². The zero-order chi connectivity index (χ0) is 22.1. The summed E-state index contributed by atoms with van der Waals surface area (Å²) in [5.41, 5.74) is 3.73. The lowest BCUT2D eigenvalue weighted by molar-refractivity contribution is -0.348. The lowest BCUT2D eigenvalue weighted by Crippen LogP contribution is -2.60. The standard InChI is InChI=1S/C11H12F7NO7S/c1-5(2)6(20)26-9(7(19)21,10(14,15)16)25-4-3-8(12,13)11(17,18)27(22,23)24/h1,3-4H2,2H3,(H2,19,21)(H,22,23,24)/p-1. The van der Waals surface area contributed by atoms with Gasteiger partial charge in [-0.15, -0.1) is 0 Å². The number of rotatable bonds is 9. The minimum Gasteiger partial charge on any atom is -0.743 e. The van der Waals surface area contributed by atoms with Crippen LogP contribution >= 0.6 is 0 Å². The molecule has 27 heavy (non-hydrogen) atoms. The monoisotopic (exact) mass is 434 g/mol. The number of esters is 1. The maximum absolute atomic E-state index is 13.2. The van der Waals surface area contributed by atoms with E-state index >= 15 is 0 Å². The van der Waals surface area contributed by atoms with E-state index in [-0.39, 0.29) is 0 Å². The first-order chi connectivity index (χ1) is 11.7. The third kappa shape index (κ3) is 5.07. The SMILES string of the molecule is C=C(C)C(=O)OC(OCCC(F)(F)C(F)(F)S(=O)(=O)[O-])(C(N)=O)C(F)(F)F. The van der Waals surface area contributed by atoms with Crippen LogP contribution in [0.4, 0.5) is 30.7 Å². The molecule has 0 fully saturated rings. The average Bonchev–Trinajstić information content (AvgIpc) is 2.42. The molecule has 0 spiro atoms. The predicted molar refractivity (Wildman–Crippen MR) is 69.0 cm³/mol. The Hall–Kier alpha value is -1.94. The molecule has 0 saturated heterocycles. The maximum atomic E-state index is 13.2. The topological polar surface area (TPSA) is 136 Å². The van der Waals surface area contributed by atoms with Gasteiger partial charge in [-0.2, -0.15) is 30.7 Å². The Morgan fingerprint density at radius 3 is 1.85 bits per heavy atom. The third-order valence-electron chi connectivity index (χ3n) is 2.74. The summed E-state index contributed by atoms with van der Waals surface area (Å²) in [6.45, 7) is 1.60. The van der Waals surface area contributed by atoms with Crippen molar-refractivity contribution in [2.24, 2.45) is 5.73 Å². The zero-order valence-electron chi connectivity index (χ0n) is 13.1. The Bertz CT molecular complexity index is 719. The van der Waals surface area contributed by atoms with Gasteiger partial charge in [0.1, 0.15) is 0 Å². The minimum absolute atomic E-state index is 0.706. The van der Waals surface area contributed by atoms with Crippen molar-refractivity contribution in [2.45, 2.75) is 36.5 Å². The quantitative estimate of drug-likeness (QED) is 0.188. The lowest BCUT2D eigenvalue weighted by atomic mass is 10.2. The van der Waals surface area contributed by atoms with Crippen LogP contribution in [-0.4, -0.2) is 54.6 Å². The van der Waals surface area contributed by atoms with Gasteiger partial charge in [0, 0.05) is 12.0 Å². The van der Waals surface area contributed by atoms with E-state index in [4.69, 9.17) is 0 Å². The number of carbonyl (C=O) groups excluding carboxylic acids is 2. The molecule has 158 valence electrons. The molecule has 8 nitrogen and oxygen atoms in total. The average molecular weight is 434 g/mol. The molecule has 2 N–H and O–H groups in total. The smallest absolute Gasteiger partial charge is 0.466 e. The molecule has 0 aromatic carbocycles. The van der Waals surface area contributed by atoms with Crippen LogP contribution in [-0.2, 0) is 29.2 Å². The lowest BCUT2D eigenvalue weighted by Gasteiger charge is -2.33. The fraction of sp³-hybridized carbons (Fsp3) is 0.636. The van der Waals surface area contributed by atoms with Gasteiger partial charge in [-0.1, -0.05) is 6.58 Å². The van der Waals surface area contributed by atoms with E-state index in [1.807, 2.05) is 0 Å². The first-order valence-corrected chi connectivity index (χ1v) is 7.74. The Labute approximate surface area is 146 Å². The molecule has 0 aliphatic rings. The van der Waals surface area contributed by atoms with Crippen LogP contribution in [0.15, 0.2) is 12.2 Å². The van der Waals surface area contributed by atoms with Gasteiger partial charge in [-0.3, -0.25) is 4.79 Å². The van der Waals surface area contributed by atoms with Crippen molar-refractivity contribution in [2.75, 3.05) is 6.61 Å². The fourth-order valence-corrected chi connectivity index (χ4v) is 1.77. The summed E-state index contributed by atoms with van der Waals surface area (Å²) in [5.74, 6) is -14.8. The highest BCUT2D eigenvalue weighted by molar-refractivity contribution is 7.86. The van der Waals surface area contributed by atoms with Crippen molar-refractivity contribution in [3.8, 4) is 0 Å². The Morgan fingerprint density at radius 1 is 1.11 bits per heavy atom. The van der Waals surface area contributed by atoms with Gasteiger partial charge in [-0.05, 0) is 6.92 Å². The summed E-state index contributed by atoms with van der Waals surface area (Å²) in [6.07, 6.45) is -8.44. The van der Waals surface area contributed by atoms with Crippen molar-refractivity contribution >= 4 is 22.0 Å². The largest absolute Gasteiger partial charge is 0.743 e. The molecule has 1 atom stereocenters. The minimum atomic E-state index is -6.90. The second-order valence-electron chi connectivity index (χ2n) is 4.92. The second-order valence-corrected chi connectivity index (χ2v) is 6.34. The molecule has 0 rings (SSSR count). The number of halogens is 7. The predicted octanol–water partition coefficient (Wildman–Crippen LogP) is 1.03.